The van der Waals surface area contributed by atoms with Gasteiger partial charge >= 0.3 is 11.9 Å². The molecule has 0 fully saturated rings. The van der Waals surface area contributed by atoms with Crippen LogP contribution in [0.4, 0.5) is 11.4 Å². The van der Waals surface area contributed by atoms with E-state index in [0.29, 0.717) is 5.56 Å². The number of nitrogens with one attached hydrogen (secondary N) is 1. The Balaban J connectivity index is 3.49. The number of hydrogen-bond donors (Lipinski definition) is 1. The molecule has 0 bridgehead atoms. The molecule has 0 saturated carbocycles. The van der Waals surface area contributed by atoms with Crippen LogP contribution in [0, 0.1) is 10.1 Å². The number of nitro groups is 1. The van der Waals surface area contributed by atoms with Crippen LogP contribution in [0.2, 0.25) is 5.02 Å². The van der Waals surface area contributed by atoms with E-state index in [1.807, 2.05) is 20.8 Å². The predicted molar refractivity (Wildman–Crippen MR) is 92.5 cm³/mol. The summed E-state index contributed by atoms with van der Waals surface area (Å²) in [7, 11) is 2.23. The maximum atomic E-state index is 11.8. The lowest BCUT2D eigenvalue weighted by Gasteiger charge is -2.20. The highest BCUT2D eigenvalue weighted by Gasteiger charge is 2.26. The molecule has 0 aromatic heterocycles. The number of esters is 2. The van der Waals surface area contributed by atoms with Crippen LogP contribution >= 0.6 is 11.6 Å². The van der Waals surface area contributed by atoms with Crippen molar-refractivity contribution in [3.05, 3.63) is 44.6 Å². The maximum absolute atomic E-state index is 11.8. The van der Waals surface area contributed by atoms with Gasteiger partial charge in [-0.1, -0.05) is 32.4 Å². The van der Waals surface area contributed by atoms with Gasteiger partial charge in [-0.2, -0.15) is 0 Å². The third-order valence-electron chi connectivity index (χ3n) is 3.26. The molecule has 136 valence electrons. The fourth-order valence-electron chi connectivity index (χ4n) is 1.86. The standard InChI is InChI=1S/C16H19ClN2O6/c1-16(2,3)9-6-10(17)14(12(7-9)19(22)23)18-11(15(21)25-5)8-13(20)24-4/h6-8,18H,1-5H3/b11-8+. The van der Waals surface area contributed by atoms with Crippen LogP contribution in [0.3, 0.4) is 0 Å². The van der Waals surface area contributed by atoms with Crippen LogP contribution in [0.5, 0.6) is 0 Å². The number of carbonyl (C=O) groups is 2. The van der Waals surface area contributed by atoms with Gasteiger partial charge in [0.25, 0.3) is 5.69 Å². The Morgan fingerprint density at radius 2 is 1.84 bits per heavy atom. The Kier molecular flexibility index (Phi) is 6.52. The normalized spacial score (nSPS) is 11.7. The van der Waals surface area contributed by atoms with E-state index in [-0.39, 0.29) is 27.5 Å². The Bertz CT molecular complexity index is 737. The first-order chi connectivity index (χ1) is 11.5. The molecule has 0 radical (unpaired) electrons. The minimum atomic E-state index is -0.907. The molecule has 0 amide bonds. The van der Waals surface area contributed by atoms with Crippen LogP contribution in [0.1, 0.15) is 26.3 Å². The summed E-state index contributed by atoms with van der Waals surface area (Å²) in [6.45, 7) is 5.64. The molecule has 0 unspecified atom stereocenters. The Labute approximate surface area is 149 Å². The minimum absolute atomic E-state index is 0.0267. The van der Waals surface area contributed by atoms with Crippen molar-refractivity contribution < 1.29 is 24.0 Å². The third-order valence-corrected chi connectivity index (χ3v) is 3.56. The molecule has 9 heteroatoms. The number of halogens is 1. The molecule has 1 aromatic carbocycles. The van der Waals surface area contributed by atoms with E-state index in [1.54, 1.807) is 6.07 Å². The quantitative estimate of drug-likeness (QED) is 0.367. The van der Waals surface area contributed by atoms with Crippen molar-refractivity contribution in [2.24, 2.45) is 0 Å². The van der Waals surface area contributed by atoms with Crippen molar-refractivity contribution in [3.8, 4) is 0 Å². The number of nitrogens with zero attached hydrogens (tertiary/aromatic N) is 1. The Morgan fingerprint density at radius 3 is 2.28 bits per heavy atom. The lowest BCUT2D eigenvalue weighted by Crippen LogP contribution is -2.17. The van der Waals surface area contributed by atoms with Gasteiger partial charge in [-0.15, -0.1) is 0 Å². The van der Waals surface area contributed by atoms with E-state index in [1.165, 1.54) is 6.07 Å². The second-order valence-electron chi connectivity index (χ2n) is 6.06. The SMILES string of the molecule is COC(=O)/C=C(/Nc1c(Cl)cc(C(C)(C)C)cc1[N+](=O)[O-])C(=O)OC. The Morgan fingerprint density at radius 1 is 1.24 bits per heavy atom. The molecule has 0 aliphatic rings. The molecule has 0 spiro atoms. The van der Waals surface area contributed by atoms with Crippen molar-refractivity contribution in [2.75, 3.05) is 19.5 Å². The smallest absolute Gasteiger partial charge is 0.354 e. The van der Waals surface area contributed by atoms with Crippen LogP contribution < -0.4 is 5.32 Å². The largest absolute Gasteiger partial charge is 0.466 e. The van der Waals surface area contributed by atoms with Crippen LogP contribution in [-0.2, 0) is 24.5 Å². The molecular formula is C16H19ClN2O6. The minimum Gasteiger partial charge on any atom is -0.466 e. The number of ether oxygens (including phenoxy) is 2. The fourth-order valence-corrected chi connectivity index (χ4v) is 2.12. The van der Waals surface area contributed by atoms with E-state index < -0.39 is 16.9 Å². The van der Waals surface area contributed by atoms with E-state index >= 15 is 0 Å². The predicted octanol–water partition coefficient (Wildman–Crippen LogP) is 3.19. The second-order valence-corrected chi connectivity index (χ2v) is 6.46. The molecule has 25 heavy (non-hydrogen) atoms. The van der Waals surface area contributed by atoms with Crippen molar-refractivity contribution >= 4 is 34.9 Å². The molecule has 1 aromatic rings. The summed E-state index contributed by atoms with van der Waals surface area (Å²) >= 11 is 6.18. The van der Waals surface area contributed by atoms with E-state index in [2.05, 4.69) is 14.8 Å². The van der Waals surface area contributed by atoms with Crippen LogP contribution in [0.15, 0.2) is 23.9 Å². The number of methoxy groups -OCH3 is 2. The molecule has 1 rings (SSSR count). The van der Waals surface area contributed by atoms with Crippen molar-refractivity contribution in [1.82, 2.24) is 0 Å². The number of hydrogen-bond acceptors (Lipinski definition) is 7. The van der Waals surface area contributed by atoms with E-state index in [0.717, 1.165) is 20.3 Å². The summed E-state index contributed by atoms with van der Waals surface area (Å²) in [5.41, 5.74) is -0.536. The summed E-state index contributed by atoms with van der Waals surface area (Å²) in [4.78, 5) is 34.0. The second kappa shape index (κ2) is 7.98. The average molecular weight is 371 g/mol. The molecule has 0 aliphatic carbocycles. The number of nitro benzene ring substituents is 1. The molecule has 0 atom stereocenters. The highest BCUT2D eigenvalue weighted by Crippen LogP contribution is 2.38. The zero-order valence-electron chi connectivity index (χ0n) is 14.5. The summed E-state index contributed by atoms with van der Waals surface area (Å²) < 4.78 is 9.01. The summed E-state index contributed by atoms with van der Waals surface area (Å²) in [6, 6.07) is 2.92. The van der Waals surface area contributed by atoms with Gasteiger partial charge in [0.15, 0.2) is 0 Å². The maximum Gasteiger partial charge on any atom is 0.354 e. The zero-order chi connectivity index (χ0) is 19.4. The van der Waals surface area contributed by atoms with Gasteiger partial charge in [0.1, 0.15) is 11.4 Å². The van der Waals surface area contributed by atoms with Gasteiger partial charge < -0.3 is 14.8 Å². The molecular weight excluding hydrogens is 352 g/mol. The molecule has 0 heterocycles. The Hall–Kier alpha value is -2.61. The molecule has 1 N–H and O–H groups in total. The topological polar surface area (TPSA) is 108 Å². The van der Waals surface area contributed by atoms with Gasteiger partial charge in [0.2, 0.25) is 0 Å². The first kappa shape index (κ1) is 20.4. The number of anilines is 1. The highest BCUT2D eigenvalue weighted by atomic mass is 35.5. The number of benzene rings is 1. The first-order valence-electron chi connectivity index (χ1n) is 7.14. The molecule has 0 aliphatic heterocycles. The van der Waals surface area contributed by atoms with Crippen molar-refractivity contribution in [1.29, 1.82) is 0 Å². The van der Waals surface area contributed by atoms with E-state index in [4.69, 9.17) is 11.6 Å². The average Bonchev–Trinajstić information content (AvgIpc) is 2.53. The van der Waals surface area contributed by atoms with Crippen molar-refractivity contribution in [2.45, 2.75) is 26.2 Å². The summed E-state index contributed by atoms with van der Waals surface area (Å²) in [5.74, 6) is -1.74. The van der Waals surface area contributed by atoms with Gasteiger partial charge in [0.05, 0.1) is 30.2 Å². The number of rotatable bonds is 5. The van der Waals surface area contributed by atoms with Crippen molar-refractivity contribution in [3.63, 3.8) is 0 Å². The van der Waals surface area contributed by atoms with Gasteiger partial charge in [-0.25, -0.2) is 9.59 Å². The summed E-state index contributed by atoms with van der Waals surface area (Å²) in [5, 5.41) is 14.0. The molecule has 8 nitrogen and oxygen atoms in total. The van der Waals surface area contributed by atoms with Gasteiger partial charge in [-0.05, 0) is 17.0 Å². The third kappa shape index (κ3) is 5.18. The zero-order valence-corrected chi connectivity index (χ0v) is 15.3. The monoisotopic (exact) mass is 370 g/mol. The first-order valence-corrected chi connectivity index (χ1v) is 7.52. The number of carbonyl (C=O) groups excluding carboxylic acids is 2. The van der Waals surface area contributed by atoms with Crippen LogP contribution in [0.25, 0.3) is 0 Å². The fraction of sp³-hybridized carbons (Fsp3) is 0.375. The van der Waals surface area contributed by atoms with Gasteiger partial charge in [-0.3, -0.25) is 10.1 Å². The van der Waals surface area contributed by atoms with Crippen LogP contribution in [-0.4, -0.2) is 31.1 Å². The van der Waals surface area contributed by atoms with E-state index in [9.17, 15) is 19.7 Å². The molecule has 0 saturated heterocycles. The summed E-state index contributed by atoms with van der Waals surface area (Å²) in [6.07, 6.45) is 0.823. The lowest BCUT2D eigenvalue weighted by molar-refractivity contribution is -0.384. The lowest BCUT2D eigenvalue weighted by atomic mass is 9.86. The highest BCUT2D eigenvalue weighted by molar-refractivity contribution is 6.34. The van der Waals surface area contributed by atoms with Gasteiger partial charge in [0, 0.05) is 6.07 Å².